The predicted molar refractivity (Wildman–Crippen MR) is 113 cm³/mol. The maximum Gasteiger partial charge on any atom is 0.272 e. The zero-order valence-corrected chi connectivity index (χ0v) is 16.6. The van der Waals surface area contributed by atoms with Crippen LogP contribution in [0.1, 0.15) is 10.5 Å². The summed E-state index contributed by atoms with van der Waals surface area (Å²) in [5.74, 6) is 1.66. The summed E-state index contributed by atoms with van der Waals surface area (Å²) in [6.45, 7) is 4.59. The zero-order valence-electron chi connectivity index (χ0n) is 16.6. The van der Waals surface area contributed by atoms with Crippen LogP contribution >= 0.6 is 0 Å². The average molecular weight is 391 g/mol. The summed E-state index contributed by atoms with van der Waals surface area (Å²) in [7, 11) is 1.64. The summed E-state index contributed by atoms with van der Waals surface area (Å²) in [6, 6.07) is 19.2. The van der Waals surface area contributed by atoms with Gasteiger partial charge in [-0.15, -0.1) is 0 Å². The van der Waals surface area contributed by atoms with Gasteiger partial charge in [-0.3, -0.25) is 9.69 Å². The van der Waals surface area contributed by atoms with Gasteiger partial charge in [0.1, 0.15) is 23.8 Å². The minimum Gasteiger partial charge on any atom is -0.497 e. The van der Waals surface area contributed by atoms with Gasteiger partial charge in [-0.1, -0.05) is 24.3 Å². The molecule has 6 heteroatoms. The Balaban J connectivity index is 1.30. The molecule has 0 saturated carbocycles. The molecule has 1 fully saturated rings. The molecule has 0 spiro atoms. The maximum atomic E-state index is 12.9. The Labute approximate surface area is 170 Å². The van der Waals surface area contributed by atoms with Gasteiger partial charge in [0.2, 0.25) is 0 Å². The van der Waals surface area contributed by atoms with E-state index in [1.807, 2.05) is 59.5 Å². The van der Waals surface area contributed by atoms with E-state index in [2.05, 4.69) is 9.88 Å². The molecule has 1 amide bonds. The van der Waals surface area contributed by atoms with Gasteiger partial charge < -0.3 is 14.4 Å². The fraction of sp³-hybridized carbons (Fsp3) is 0.304. The van der Waals surface area contributed by atoms with Crippen LogP contribution in [0.2, 0.25) is 0 Å². The highest BCUT2D eigenvalue weighted by Gasteiger charge is 2.23. The second kappa shape index (κ2) is 8.92. The Kier molecular flexibility index (Phi) is 5.91. The molecule has 150 valence electrons. The number of para-hydroxylation sites is 1. The van der Waals surface area contributed by atoms with Gasteiger partial charge in [-0.05, 0) is 36.4 Å². The van der Waals surface area contributed by atoms with Crippen LogP contribution in [0.3, 0.4) is 0 Å². The molecule has 0 atom stereocenters. The quantitative estimate of drug-likeness (QED) is 0.646. The summed E-state index contributed by atoms with van der Waals surface area (Å²) < 4.78 is 11.0. The van der Waals surface area contributed by atoms with Gasteiger partial charge in [-0.2, -0.15) is 0 Å². The van der Waals surface area contributed by atoms with Crippen molar-refractivity contribution >= 4 is 16.8 Å². The number of nitrogens with zero attached hydrogens (tertiary/aromatic N) is 3. The Morgan fingerprint density at radius 1 is 0.966 bits per heavy atom. The van der Waals surface area contributed by atoms with Crippen molar-refractivity contribution in [2.45, 2.75) is 0 Å². The number of pyridine rings is 1. The number of rotatable bonds is 6. The van der Waals surface area contributed by atoms with Crippen LogP contribution in [0.25, 0.3) is 10.9 Å². The van der Waals surface area contributed by atoms with Crippen molar-refractivity contribution in [2.75, 3.05) is 46.4 Å². The Morgan fingerprint density at radius 2 is 1.76 bits per heavy atom. The monoisotopic (exact) mass is 391 g/mol. The first-order valence-corrected chi connectivity index (χ1v) is 9.87. The van der Waals surface area contributed by atoms with E-state index < -0.39 is 0 Å². The Bertz CT molecular complexity index is 970. The fourth-order valence-corrected chi connectivity index (χ4v) is 3.50. The van der Waals surface area contributed by atoms with E-state index >= 15 is 0 Å². The lowest BCUT2D eigenvalue weighted by Gasteiger charge is -2.34. The number of carbonyl (C=O) groups excluding carboxylic acids is 1. The minimum atomic E-state index is -0.0112. The van der Waals surface area contributed by atoms with E-state index in [4.69, 9.17) is 9.47 Å². The van der Waals surface area contributed by atoms with Crippen molar-refractivity contribution in [1.29, 1.82) is 0 Å². The molecule has 29 heavy (non-hydrogen) atoms. The molecule has 0 unspecified atom stereocenters. The number of hydrogen-bond acceptors (Lipinski definition) is 5. The number of hydrogen-bond donors (Lipinski definition) is 0. The van der Waals surface area contributed by atoms with Crippen LogP contribution in [0.5, 0.6) is 11.5 Å². The van der Waals surface area contributed by atoms with Gasteiger partial charge in [-0.25, -0.2) is 4.98 Å². The molecule has 2 heterocycles. The zero-order chi connectivity index (χ0) is 20.1. The minimum absolute atomic E-state index is 0.0112. The molecule has 1 saturated heterocycles. The van der Waals surface area contributed by atoms with Crippen LogP contribution < -0.4 is 9.47 Å². The molecule has 0 bridgehead atoms. The molecule has 0 radical (unpaired) electrons. The van der Waals surface area contributed by atoms with E-state index in [1.54, 1.807) is 13.2 Å². The molecular formula is C23H25N3O3. The van der Waals surface area contributed by atoms with Crippen LogP contribution in [-0.4, -0.2) is 67.1 Å². The standard InChI is InChI=1S/C23H25N3O3/c1-28-20-8-10-21-18(17-20)7-9-22(24-21)23(27)26-13-11-25(12-14-26)15-16-29-19-5-3-2-4-6-19/h2-10,17H,11-16H2,1H3. The normalized spacial score (nSPS) is 14.7. The number of amides is 1. The highest BCUT2D eigenvalue weighted by Crippen LogP contribution is 2.20. The first kappa shape index (κ1) is 19.2. The lowest BCUT2D eigenvalue weighted by molar-refractivity contribution is 0.0615. The Hall–Kier alpha value is -3.12. The summed E-state index contributed by atoms with van der Waals surface area (Å²) in [5.41, 5.74) is 1.29. The number of piperazine rings is 1. The summed E-state index contributed by atoms with van der Waals surface area (Å²) in [5, 5.41) is 0.962. The van der Waals surface area contributed by atoms with Crippen molar-refractivity contribution in [3.63, 3.8) is 0 Å². The van der Waals surface area contributed by atoms with Crippen molar-refractivity contribution < 1.29 is 14.3 Å². The number of fused-ring (bicyclic) bond motifs is 1. The molecular weight excluding hydrogens is 366 g/mol. The number of carbonyl (C=O) groups is 1. The lowest BCUT2D eigenvalue weighted by atomic mass is 10.2. The predicted octanol–water partition coefficient (Wildman–Crippen LogP) is 3.08. The van der Waals surface area contributed by atoms with E-state index in [0.29, 0.717) is 25.4 Å². The van der Waals surface area contributed by atoms with Gasteiger partial charge in [0, 0.05) is 38.1 Å². The van der Waals surface area contributed by atoms with Crippen molar-refractivity contribution in [3.05, 3.63) is 66.4 Å². The first-order valence-electron chi connectivity index (χ1n) is 9.87. The third kappa shape index (κ3) is 4.66. The summed E-state index contributed by atoms with van der Waals surface area (Å²) in [6.07, 6.45) is 0. The highest BCUT2D eigenvalue weighted by atomic mass is 16.5. The molecule has 1 aliphatic heterocycles. The molecule has 6 nitrogen and oxygen atoms in total. The lowest BCUT2D eigenvalue weighted by Crippen LogP contribution is -2.49. The van der Waals surface area contributed by atoms with E-state index in [0.717, 1.165) is 42.0 Å². The summed E-state index contributed by atoms with van der Waals surface area (Å²) >= 11 is 0. The summed E-state index contributed by atoms with van der Waals surface area (Å²) in [4.78, 5) is 21.6. The smallest absolute Gasteiger partial charge is 0.272 e. The number of benzene rings is 2. The van der Waals surface area contributed by atoms with E-state index in [1.165, 1.54) is 0 Å². The van der Waals surface area contributed by atoms with E-state index in [9.17, 15) is 4.79 Å². The number of methoxy groups -OCH3 is 1. The first-order chi connectivity index (χ1) is 14.2. The third-order valence-corrected chi connectivity index (χ3v) is 5.19. The SMILES string of the molecule is COc1ccc2nc(C(=O)N3CCN(CCOc4ccccc4)CC3)ccc2c1. The average Bonchev–Trinajstić information content (AvgIpc) is 2.79. The number of aromatic nitrogens is 1. The van der Waals surface area contributed by atoms with Crippen molar-refractivity contribution in [1.82, 2.24) is 14.8 Å². The second-order valence-electron chi connectivity index (χ2n) is 7.05. The molecule has 0 aliphatic carbocycles. The van der Waals surface area contributed by atoms with Gasteiger partial charge in [0.25, 0.3) is 5.91 Å². The molecule has 1 aromatic heterocycles. The fourth-order valence-electron chi connectivity index (χ4n) is 3.50. The second-order valence-corrected chi connectivity index (χ2v) is 7.05. The van der Waals surface area contributed by atoms with Crippen LogP contribution in [0, 0.1) is 0 Å². The topological polar surface area (TPSA) is 54.9 Å². The van der Waals surface area contributed by atoms with Crippen LogP contribution in [-0.2, 0) is 0 Å². The molecule has 2 aromatic carbocycles. The molecule has 3 aromatic rings. The van der Waals surface area contributed by atoms with Crippen molar-refractivity contribution in [2.24, 2.45) is 0 Å². The van der Waals surface area contributed by atoms with Gasteiger partial charge in [0.15, 0.2) is 0 Å². The molecule has 0 N–H and O–H groups in total. The van der Waals surface area contributed by atoms with Gasteiger partial charge in [0.05, 0.1) is 12.6 Å². The van der Waals surface area contributed by atoms with Crippen molar-refractivity contribution in [3.8, 4) is 11.5 Å². The molecule has 1 aliphatic rings. The Morgan fingerprint density at radius 3 is 2.52 bits per heavy atom. The highest BCUT2D eigenvalue weighted by molar-refractivity contribution is 5.95. The maximum absolute atomic E-state index is 12.9. The number of ether oxygens (including phenoxy) is 2. The van der Waals surface area contributed by atoms with Gasteiger partial charge >= 0.3 is 0 Å². The third-order valence-electron chi connectivity index (χ3n) is 5.19. The molecule has 4 rings (SSSR count). The van der Waals surface area contributed by atoms with E-state index in [-0.39, 0.29) is 5.91 Å². The van der Waals surface area contributed by atoms with Crippen LogP contribution in [0.4, 0.5) is 0 Å². The van der Waals surface area contributed by atoms with Crippen LogP contribution in [0.15, 0.2) is 60.7 Å². The largest absolute Gasteiger partial charge is 0.497 e.